The van der Waals surface area contributed by atoms with Crippen LogP contribution in [0.5, 0.6) is 0 Å². The molecule has 1 aromatic heterocycles. The number of hydrogen-bond acceptors (Lipinski definition) is 5. The van der Waals surface area contributed by atoms with Gasteiger partial charge >= 0.3 is 11.8 Å². The second-order valence-corrected chi connectivity index (χ2v) is 15.9. The third-order valence-corrected chi connectivity index (χ3v) is 7.80. The molecule has 0 radical (unpaired) electrons. The topological polar surface area (TPSA) is 103 Å². The maximum Gasteiger partial charge on any atom is 0.398 e. The zero-order chi connectivity index (χ0) is 27.6. The number of benzene rings is 2. The van der Waals surface area contributed by atoms with Gasteiger partial charge in [-0.3, -0.25) is 4.90 Å². The Balaban J connectivity index is 1.51. The maximum atomic E-state index is 15.3. The number of nitro groups is 1. The molecule has 1 aliphatic heterocycles. The Bertz CT molecular complexity index is 1360. The highest BCUT2D eigenvalue weighted by atomic mass is 28.3. The molecule has 0 saturated carbocycles. The number of fused-ring (bicyclic) bond motifs is 1. The fraction of sp³-hybridized carbons (Fsp3) is 0.360. The molecule has 0 bridgehead atoms. The van der Waals surface area contributed by atoms with Crippen LogP contribution in [-0.4, -0.2) is 42.0 Å². The molecule has 4 rings (SSSR count). The average molecular weight is 548 g/mol. The van der Waals surface area contributed by atoms with E-state index in [0.717, 1.165) is 30.3 Å². The van der Waals surface area contributed by atoms with E-state index in [9.17, 15) is 23.7 Å². The summed E-state index contributed by atoms with van der Waals surface area (Å²) in [5, 5.41) is 18.2. The van der Waals surface area contributed by atoms with Gasteiger partial charge in [0.2, 0.25) is 0 Å². The third-order valence-electron chi connectivity index (χ3n) is 6.10. The molecule has 2 heterocycles. The number of anilines is 1. The Morgan fingerprint density at radius 2 is 1.84 bits per heavy atom. The predicted octanol–water partition coefficient (Wildman–Crippen LogP) is 5.46. The molecule has 2 amide bonds. The summed E-state index contributed by atoms with van der Waals surface area (Å²) in [6.07, 6.45) is 1.78. The Morgan fingerprint density at radius 3 is 2.50 bits per heavy atom. The number of nitrogens with zero attached hydrogens (tertiary/aromatic N) is 4. The molecule has 3 aromatic rings. The Kier molecular flexibility index (Phi) is 7.88. The van der Waals surface area contributed by atoms with Crippen LogP contribution in [-0.2, 0) is 24.4 Å². The number of ether oxygens (including phenoxy) is 1. The van der Waals surface area contributed by atoms with Crippen molar-refractivity contribution in [2.45, 2.75) is 45.4 Å². The van der Waals surface area contributed by atoms with E-state index in [4.69, 9.17) is 4.74 Å². The lowest BCUT2D eigenvalue weighted by Gasteiger charge is -2.18. The molecule has 0 fully saturated rings. The maximum absolute atomic E-state index is 15.3. The highest BCUT2D eigenvalue weighted by Gasteiger charge is 2.30. The van der Waals surface area contributed by atoms with Crippen LogP contribution in [0.2, 0.25) is 25.7 Å². The minimum Gasteiger partial charge on any atom is -0.358 e. The van der Waals surface area contributed by atoms with Gasteiger partial charge < -0.3 is 20.2 Å². The quantitative estimate of drug-likeness (QED) is 0.166. The Labute approximate surface area is 218 Å². The van der Waals surface area contributed by atoms with E-state index >= 15 is 4.39 Å². The Morgan fingerprint density at radius 1 is 1.13 bits per heavy atom. The molecular formula is C25H28F3N5O4Si. The van der Waals surface area contributed by atoms with E-state index in [-0.39, 0.29) is 36.5 Å². The summed E-state index contributed by atoms with van der Waals surface area (Å²) in [5.41, 5.74) is 1.20. The van der Waals surface area contributed by atoms with Gasteiger partial charge in [0.15, 0.2) is 6.73 Å². The number of halogens is 3. The van der Waals surface area contributed by atoms with Crippen molar-refractivity contribution < 1.29 is 27.6 Å². The molecule has 0 spiro atoms. The monoisotopic (exact) mass is 547 g/mol. The van der Waals surface area contributed by atoms with Crippen LogP contribution < -0.4 is 10.2 Å². The summed E-state index contributed by atoms with van der Waals surface area (Å²) in [4.78, 5) is 25.0. The van der Waals surface area contributed by atoms with Gasteiger partial charge in [0.05, 0.1) is 17.0 Å². The first-order valence-electron chi connectivity index (χ1n) is 12.0. The number of urea groups is 1. The number of carbonyl (C=O) groups excluding carboxylic acids is 1. The molecule has 202 valence electrons. The molecule has 38 heavy (non-hydrogen) atoms. The summed E-state index contributed by atoms with van der Waals surface area (Å²) in [6.45, 7) is 7.25. The number of carbonyl (C=O) groups is 1. The first-order chi connectivity index (χ1) is 17.9. The van der Waals surface area contributed by atoms with Crippen LogP contribution in [0.25, 0.3) is 11.1 Å². The molecule has 2 aromatic carbocycles. The highest BCUT2D eigenvalue weighted by Crippen LogP contribution is 2.37. The van der Waals surface area contributed by atoms with Gasteiger partial charge in [-0.2, -0.15) is 4.68 Å². The lowest BCUT2D eigenvalue weighted by Crippen LogP contribution is -2.38. The number of nitrogens with one attached hydrogen (secondary N) is 1. The first-order valence-corrected chi connectivity index (χ1v) is 15.7. The smallest absolute Gasteiger partial charge is 0.358 e. The second kappa shape index (κ2) is 11.0. The van der Waals surface area contributed by atoms with Crippen molar-refractivity contribution in [3.05, 3.63) is 75.2 Å². The molecule has 9 nitrogen and oxygen atoms in total. The van der Waals surface area contributed by atoms with Crippen LogP contribution in [0, 0.1) is 27.6 Å². The van der Waals surface area contributed by atoms with Crippen LogP contribution >= 0.6 is 0 Å². The zero-order valence-corrected chi connectivity index (χ0v) is 22.3. The van der Waals surface area contributed by atoms with E-state index in [1.807, 2.05) is 0 Å². The molecule has 0 saturated heterocycles. The largest absolute Gasteiger partial charge is 0.398 e. The molecule has 1 N–H and O–H groups in total. The van der Waals surface area contributed by atoms with Crippen LogP contribution in [0.3, 0.4) is 0 Å². The zero-order valence-electron chi connectivity index (χ0n) is 21.3. The van der Waals surface area contributed by atoms with Crippen LogP contribution in [0.1, 0.15) is 11.1 Å². The number of aromatic nitrogens is 2. The van der Waals surface area contributed by atoms with Crippen molar-refractivity contribution in [2.24, 2.45) is 0 Å². The first kappa shape index (κ1) is 27.3. The highest BCUT2D eigenvalue weighted by molar-refractivity contribution is 6.76. The number of hydrogen-bond donors (Lipinski definition) is 1. The van der Waals surface area contributed by atoms with Crippen molar-refractivity contribution in [2.75, 3.05) is 18.1 Å². The molecule has 1 aliphatic rings. The van der Waals surface area contributed by atoms with Crippen molar-refractivity contribution in [1.82, 2.24) is 15.1 Å². The van der Waals surface area contributed by atoms with E-state index < -0.39 is 42.3 Å². The SMILES string of the molecule is C[Si](C)(C)CCOCn1cc(-c2cc3c(cc2F)N(C(=O)NCc2cc(F)cc(F)c2)CC3)c([N+](=O)[O-])n1. The molecule has 13 heteroatoms. The van der Waals surface area contributed by atoms with Gasteiger partial charge in [-0.15, -0.1) is 0 Å². The van der Waals surface area contributed by atoms with E-state index in [2.05, 4.69) is 30.1 Å². The summed E-state index contributed by atoms with van der Waals surface area (Å²) in [7, 11) is -1.31. The molecule has 0 atom stereocenters. The normalized spacial score (nSPS) is 13.1. The number of amides is 2. The van der Waals surface area contributed by atoms with Gasteiger partial charge in [-0.1, -0.05) is 19.6 Å². The summed E-state index contributed by atoms with van der Waals surface area (Å²) >= 11 is 0. The van der Waals surface area contributed by atoms with Crippen molar-refractivity contribution in [3.63, 3.8) is 0 Å². The van der Waals surface area contributed by atoms with E-state index in [1.165, 1.54) is 21.8 Å². The summed E-state index contributed by atoms with van der Waals surface area (Å²) in [6, 6.07) is 5.96. The molecular weight excluding hydrogens is 519 g/mol. The van der Waals surface area contributed by atoms with Gasteiger partial charge in [-0.25, -0.2) is 18.0 Å². The van der Waals surface area contributed by atoms with Crippen LogP contribution in [0.15, 0.2) is 36.5 Å². The van der Waals surface area contributed by atoms with Gasteiger partial charge in [0, 0.05) is 39.4 Å². The third kappa shape index (κ3) is 6.40. The van der Waals surface area contributed by atoms with Gasteiger partial charge in [0.1, 0.15) is 23.0 Å². The van der Waals surface area contributed by atoms with Crippen molar-refractivity contribution >= 4 is 25.6 Å². The predicted molar refractivity (Wildman–Crippen MR) is 138 cm³/mol. The fourth-order valence-electron chi connectivity index (χ4n) is 4.15. The van der Waals surface area contributed by atoms with Crippen LogP contribution in [0.4, 0.5) is 29.5 Å². The van der Waals surface area contributed by atoms with Gasteiger partial charge in [0.25, 0.3) is 0 Å². The Hall–Kier alpha value is -3.71. The molecule has 0 aliphatic carbocycles. The minimum absolute atomic E-state index is 0.00103. The lowest BCUT2D eigenvalue weighted by atomic mass is 10.0. The van der Waals surface area contributed by atoms with E-state index in [1.54, 1.807) is 0 Å². The lowest BCUT2D eigenvalue weighted by molar-refractivity contribution is -0.389. The fourth-order valence-corrected chi connectivity index (χ4v) is 4.91. The second-order valence-electron chi connectivity index (χ2n) is 10.3. The van der Waals surface area contributed by atoms with Crippen molar-refractivity contribution in [3.8, 4) is 11.1 Å². The number of rotatable bonds is 9. The standard InChI is InChI=1S/C25H28F3N5O4Si/c1-38(2,3)7-6-37-15-31-14-21(24(30-31)33(35)36)20-10-17-4-5-32(23(17)12-22(20)28)25(34)29-13-16-8-18(26)11-19(27)9-16/h8-12,14H,4-7,13,15H2,1-3H3,(H,29,34). The average Bonchev–Trinajstić information content (AvgIpc) is 3.43. The molecule has 0 unspecified atom stereocenters. The van der Waals surface area contributed by atoms with Crippen molar-refractivity contribution in [1.29, 1.82) is 0 Å². The summed E-state index contributed by atoms with van der Waals surface area (Å²) < 4.78 is 49.0. The summed E-state index contributed by atoms with van der Waals surface area (Å²) in [5.74, 6) is -2.76. The minimum atomic E-state index is -1.31. The van der Waals surface area contributed by atoms with E-state index in [0.29, 0.717) is 24.3 Å². The van der Waals surface area contributed by atoms with Gasteiger partial charge in [-0.05, 0) is 52.8 Å².